The zero-order chi connectivity index (χ0) is 23.4. The summed E-state index contributed by atoms with van der Waals surface area (Å²) in [5.41, 5.74) is 2.72. The fraction of sp³-hybridized carbons (Fsp3) is 0.320. The first-order chi connectivity index (χ1) is 16.5. The van der Waals surface area contributed by atoms with E-state index >= 15 is 0 Å². The van der Waals surface area contributed by atoms with E-state index in [2.05, 4.69) is 27.1 Å². The number of H-pyrrole nitrogens is 1. The predicted octanol–water partition coefficient (Wildman–Crippen LogP) is 4.04. The average molecular weight is 463 g/mol. The number of pyridine rings is 1. The number of nitrogens with zero attached hydrogens (tertiary/aromatic N) is 4. The summed E-state index contributed by atoms with van der Waals surface area (Å²) in [6.45, 7) is 3.33. The summed E-state index contributed by atoms with van der Waals surface area (Å²) >= 11 is 0. The number of aromatic nitrogens is 3. The van der Waals surface area contributed by atoms with Crippen molar-refractivity contribution in [3.8, 4) is 22.5 Å². The molecule has 34 heavy (non-hydrogen) atoms. The van der Waals surface area contributed by atoms with Crippen LogP contribution in [-0.4, -0.2) is 64.1 Å². The SMILES string of the molecule is CN1CCN(C(=O)[C@H]2CC2c2cnc3[nH]cc(-c4oncc4-c4cccc(F)c4F)c3c2)CC1. The number of nitrogens with one attached hydrogen (secondary N) is 1. The van der Waals surface area contributed by atoms with Crippen molar-refractivity contribution in [1.29, 1.82) is 0 Å². The third-order valence-corrected chi connectivity index (χ3v) is 6.96. The van der Waals surface area contributed by atoms with Crippen molar-refractivity contribution in [3.05, 3.63) is 60.1 Å². The van der Waals surface area contributed by atoms with Crippen LogP contribution >= 0.6 is 0 Å². The Bertz CT molecular complexity index is 1390. The number of hydrogen-bond acceptors (Lipinski definition) is 5. The molecule has 1 saturated carbocycles. The number of carbonyl (C=O) groups is 1. The number of aromatic amines is 1. The van der Waals surface area contributed by atoms with Gasteiger partial charge in [-0.1, -0.05) is 17.3 Å². The van der Waals surface area contributed by atoms with Gasteiger partial charge in [0, 0.05) is 61.0 Å². The fourth-order valence-electron chi connectivity index (χ4n) is 4.85. The highest BCUT2D eigenvalue weighted by Gasteiger charge is 2.46. The first-order valence-electron chi connectivity index (χ1n) is 11.3. The number of fused-ring (bicyclic) bond motifs is 1. The first kappa shape index (κ1) is 21.0. The number of piperazine rings is 1. The number of rotatable bonds is 4. The van der Waals surface area contributed by atoms with Gasteiger partial charge in [-0.3, -0.25) is 4.79 Å². The van der Waals surface area contributed by atoms with Crippen molar-refractivity contribution >= 4 is 16.9 Å². The Morgan fingerprint density at radius 2 is 1.94 bits per heavy atom. The van der Waals surface area contributed by atoms with Crippen LogP contribution in [0.4, 0.5) is 8.78 Å². The second-order valence-corrected chi connectivity index (χ2v) is 9.11. The number of hydrogen-bond donors (Lipinski definition) is 1. The lowest BCUT2D eigenvalue weighted by atomic mass is 10.0. The van der Waals surface area contributed by atoms with Gasteiger partial charge in [0.1, 0.15) is 5.65 Å². The summed E-state index contributed by atoms with van der Waals surface area (Å²) in [5, 5.41) is 4.62. The van der Waals surface area contributed by atoms with E-state index in [-0.39, 0.29) is 23.3 Å². The maximum atomic E-state index is 14.5. The molecule has 1 saturated heterocycles. The van der Waals surface area contributed by atoms with Crippen LogP contribution in [0.1, 0.15) is 17.9 Å². The van der Waals surface area contributed by atoms with Gasteiger partial charge in [0.15, 0.2) is 17.4 Å². The molecule has 1 amide bonds. The Kier molecular flexibility index (Phi) is 4.95. The van der Waals surface area contributed by atoms with Crippen LogP contribution in [0.5, 0.6) is 0 Å². The second kappa shape index (κ2) is 8.02. The molecule has 0 radical (unpaired) electrons. The van der Waals surface area contributed by atoms with Crippen LogP contribution in [-0.2, 0) is 4.79 Å². The molecule has 1 N–H and O–H groups in total. The van der Waals surface area contributed by atoms with Crippen molar-refractivity contribution in [2.24, 2.45) is 5.92 Å². The minimum absolute atomic E-state index is 0.0210. The summed E-state index contributed by atoms with van der Waals surface area (Å²) in [6, 6.07) is 6.02. The molecule has 6 rings (SSSR count). The molecule has 2 fully saturated rings. The molecule has 7 nitrogen and oxygen atoms in total. The Balaban J connectivity index is 1.31. The molecule has 4 heterocycles. The summed E-state index contributed by atoms with van der Waals surface area (Å²) < 4.78 is 33.8. The number of likely N-dealkylation sites (N-methyl/N-ethyl adjacent to an activating group) is 1. The van der Waals surface area contributed by atoms with E-state index in [1.807, 2.05) is 11.0 Å². The molecule has 2 aliphatic rings. The molecule has 0 bridgehead atoms. The van der Waals surface area contributed by atoms with Gasteiger partial charge in [-0.15, -0.1) is 0 Å². The maximum Gasteiger partial charge on any atom is 0.226 e. The third kappa shape index (κ3) is 3.47. The molecule has 4 aromatic rings. The normalized spacial score (nSPS) is 20.7. The standard InChI is InChI=1S/C25H23F2N5O2/c1-31-5-7-32(8-6-31)25(33)18-10-16(18)14-9-17-19(12-29-24(17)28-11-14)23-20(13-30-34-23)15-3-2-4-21(26)22(15)27/h2-4,9,11-13,16,18H,5-8,10H2,1H3,(H,28,29)/t16?,18-/m0/s1. The summed E-state index contributed by atoms with van der Waals surface area (Å²) in [6.07, 6.45) is 5.72. The van der Waals surface area contributed by atoms with Gasteiger partial charge < -0.3 is 19.3 Å². The van der Waals surface area contributed by atoms with Gasteiger partial charge in [0.2, 0.25) is 5.91 Å². The van der Waals surface area contributed by atoms with Crippen LogP contribution in [0.15, 0.2) is 47.4 Å². The zero-order valence-corrected chi connectivity index (χ0v) is 18.6. The van der Waals surface area contributed by atoms with Crippen LogP contribution in [0.3, 0.4) is 0 Å². The van der Waals surface area contributed by atoms with Gasteiger partial charge in [-0.2, -0.15) is 0 Å². The Labute approximate surface area is 194 Å². The largest absolute Gasteiger partial charge is 0.356 e. The van der Waals surface area contributed by atoms with Gasteiger partial charge in [0.05, 0.1) is 11.8 Å². The van der Waals surface area contributed by atoms with Crippen molar-refractivity contribution in [3.63, 3.8) is 0 Å². The Morgan fingerprint density at radius 3 is 2.76 bits per heavy atom. The van der Waals surface area contributed by atoms with Crippen molar-refractivity contribution in [1.82, 2.24) is 24.9 Å². The molecular formula is C25H23F2N5O2. The highest BCUT2D eigenvalue weighted by Crippen LogP contribution is 2.49. The molecule has 1 unspecified atom stereocenters. The molecule has 2 atom stereocenters. The summed E-state index contributed by atoms with van der Waals surface area (Å²) in [4.78, 5) is 24.8. The minimum atomic E-state index is -0.950. The van der Waals surface area contributed by atoms with Crippen molar-refractivity contribution in [2.45, 2.75) is 12.3 Å². The van der Waals surface area contributed by atoms with E-state index in [9.17, 15) is 13.6 Å². The monoisotopic (exact) mass is 463 g/mol. The molecule has 1 aliphatic heterocycles. The number of amides is 1. The third-order valence-electron chi connectivity index (χ3n) is 6.96. The van der Waals surface area contributed by atoms with Crippen LogP contribution in [0, 0.1) is 17.6 Å². The van der Waals surface area contributed by atoms with E-state index in [0.717, 1.165) is 49.6 Å². The lowest BCUT2D eigenvalue weighted by Gasteiger charge is -2.32. The number of carbonyl (C=O) groups excluding carboxylic acids is 1. The molecule has 3 aromatic heterocycles. The van der Waals surface area contributed by atoms with E-state index in [1.165, 1.54) is 18.3 Å². The molecule has 9 heteroatoms. The minimum Gasteiger partial charge on any atom is -0.356 e. The van der Waals surface area contributed by atoms with Crippen LogP contribution in [0.2, 0.25) is 0 Å². The van der Waals surface area contributed by atoms with Crippen molar-refractivity contribution < 1.29 is 18.1 Å². The van der Waals surface area contributed by atoms with Gasteiger partial charge in [0.25, 0.3) is 0 Å². The summed E-state index contributed by atoms with van der Waals surface area (Å²) in [7, 11) is 2.07. The number of halogens is 2. The first-order valence-corrected chi connectivity index (χ1v) is 11.3. The lowest BCUT2D eigenvalue weighted by molar-refractivity contribution is -0.134. The fourth-order valence-corrected chi connectivity index (χ4v) is 4.85. The highest BCUT2D eigenvalue weighted by molar-refractivity contribution is 5.96. The molecule has 174 valence electrons. The molecular weight excluding hydrogens is 440 g/mol. The van der Waals surface area contributed by atoms with Crippen LogP contribution in [0.25, 0.3) is 33.5 Å². The van der Waals surface area contributed by atoms with Crippen molar-refractivity contribution in [2.75, 3.05) is 33.2 Å². The van der Waals surface area contributed by atoms with E-state index < -0.39 is 11.6 Å². The van der Waals surface area contributed by atoms with E-state index in [0.29, 0.717) is 22.5 Å². The Hall–Kier alpha value is -3.59. The molecule has 1 aromatic carbocycles. The van der Waals surface area contributed by atoms with Gasteiger partial charge in [-0.05, 0) is 37.1 Å². The highest BCUT2D eigenvalue weighted by atomic mass is 19.2. The smallest absolute Gasteiger partial charge is 0.226 e. The van der Waals surface area contributed by atoms with E-state index in [4.69, 9.17) is 4.52 Å². The predicted molar refractivity (Wildman–Crippen MR) is 122 cm³/mol. The molecule has 0 spiro atoms. The quantitative estimate of drug-likeness (QED) is 0.494. The van der Waals surface area contributed by atoms with Gasteiger partial charge in [-0.25, -0.2) is 13.8 Å². The summed E-state index contributed by atoms with van der Waals surface area (Å²) in [5.74, 6) is -1.23. The van der Waals surface area contributed by atoms with Crippen LogP contribution < -0.4 is 0 Å². The topological polar surface area (TPSA) is 78.3 Å². The van der Waals surface area contributed by atoms with E-state index in [1.54, 1.807) is 12.4 Å². The number of benzene rings is 1. The maximum absolute atomic E-state index is 14.5. The molecule has 1 aliphatic carbocycles. The van der Waals surface area contributed by atoms with Gasteiger partial charge >= 0.3 is 0 Å². The zero-order valence-electron chi connectivity index (χ0n) is 18.6. The Morgan fingerprint density at radius 1 is 1.12 bits per heavy atom. The second-order valence-electron chi connectivity index (χ2n) is 9.11. The average Bonchev–Trinajstić information content (AvgIpc) is 3.31. The lowest BCUT2D eigenvalue weighted by Crippen LogP contribution is -2.47.